The number of fused-ring (bicyclic) bond motifs is 1. The van der Waals surface area contributed by atoms with Crippen molar-refractivity contribution in [2.24, 2.45) is 0 Å². The van der Waals surface area contributed by atoms with Gasteiger partial charge in [0, 0.05) is 24.6 Å². The molecule has 0 saturated carbocycles. The van der Waals surface area contributed by atoms with Crippen LogP contribution in [0.1, 0.15) is 35.7 Å². The highest BCUT2D eigenvalue weighted by Crippen LogP contribution is 2.27. The Hall–Kier alpha value is -1.74. The number of aromatic nitrogens is 2. The summed E-state index contributed by atoms with van der Waals surface area (Å²) >= 11 is 0. The number of hydrogen-bond acceptors (Lipinski definition) is 3. The third-order valence-electron chi connectivity index (χ3n) is 3.72. The molecule has 0 aliphatic heterocycles. The summed E-state index contributed by atoms with van der Waals surface area (Å²) in [5, 5.41) is 3.64. The highest BCUT2D eigenvalue weighted by molar-refractivity contribution is 5.25. The van der Waals surface area contributed by atoms with Gasteiger partial charge >= 0.3 is 0 Å². The van der Waals surface area contributed by atoms with Crippen molar-refractivity contribution in [3.63, 3.8) is 0 Å². The molecule has 1 aliphatic carbocycles. The van der Waals surface area contributed by atoms with Gasteiger partial charge in [-0.2, -0.15) is 0 Å². The minimum atomic E-state index is 0.418. The highest BCUT2D eigenvalue weighted by Gasteiger charge is 2.20. The van der Waals surface area contributed by atoms with Crippen molar-refractivity contribution in [2.45, 2.75) is 31.7 Å². The zero-order valence-electron chi connectivity index (χ0n) is 11.0. The summed E-state index contributed by atoms with van der Waals surface area (Å²) in [6.07, 6.45) is 10.3. The molecule has 1 N–H and O–H groups in total. The highest BCUT2D eigenvalue weighted by atomic mass is 14.9. The van der Waals surface area contributed by atoms with E-state index in [1.54, 1.807) is 0 Å². The first-order valence-electron chi connectivity index (χ1n) is 6.99. The topological polar surface area (TPSA) is 37.8 Å². The summed E-state index contributed by atoms with van der Waals surface area (Å²) in [6, 6.07) is 8.78. The molecule has 3 heteroatoms. The van der Waals surface area contributed by atoms with Gasteiger partial charge in [0.2, 0.25) is 0 Å². The fraction of sp³-hybridized carbons (Fsp3) is 0.375. The second-order valence-electron chi connectivity index (χ2n) is 5.06. The predicted octanol–water partition coefficient (Wildman–Crippen LogP) is 2.69. The molecule has 0 fully saturated rings. The van der Waals surface area contributed by atoms with Crippen LogP contribution in [0, 0.1) is 0 Å². The summed E-state index contributed by atoms with van der Waals surface area (Å²) in [4.78, 5) is 8.70. The van der Waals surface area contributed by atoms with Gasteiger partial charge in [-0.1, -0.05) is 12.1 Å². The van der Waals surface area contributed by atoms with Crippen LogP contribution in [0.2, 0.25) is 0 Å². The summed E-state index contributed by atoms with van der Waals surface area (Å²) in [7, 11) is 0. The molecule has 0 saturated heterocycles. The molecule has 2 aromatic rings. The first-order chi connectivity index (χ1) is 9.43. The summed E-state index contributed by atoms with van der Waals surface area (Å²) < 4.78 is 0. The Morgan fingerprint density at radius 1 is 1.21 bits per heavy atom. The van der Waals surface area contributed by atoms with Gasteiger partial charge in [0.15, 0.2) is 0 Å². The molecule has 0 amide bonds. The van der Waals surface area contributed by atoms with Crippen LogP contribution in [-0.2, 0) is 12.8 Å². The fourth-order valence-electron chi connectivity index (χ4n) is 2.74. The lowest BCUT2D eigenvalue weighted by atomic mass is 9.92. The van der Waals surface area contributed by atoms with E-state index in [0.29, 0.717) is 6.04 Å². The van der Waals surface area contributed by atoms with Crippen LogP contribution in [0.5, 0.6) is 0 Å². The van der Waals surface area contributed by atoms with Crippen molar-refractivity contribution in [3.05, 3.63) is 59.7 Å². The van der Waals surface area contributed by atoms with Gasteiger partial charge in [0.1, 0.15) is 0 Å². The first kappa shape index (κ1) is 12.3. The number of pyridine rings is 2. The van der Waals surface area contributed by atoms with Crippen molar-refractivity contribution < 1.29 is 0 Å². The number of hydrogen-bond donors (Lipinski definition) is 1. The van der Waals surface area contributed by atoms with Gasteiger partial charge in [-0.05, 0) is 55.5 Å². The van der Waals surface area contributed by atoms with Crippen LogP contribution in [-0.4, -0.2) is 16.5 Å². The second kappa shape index (κ2) is 5.93. The lowest BCUT2D eigenvalue weighted by molar-refractivity contribution is 0.451. The quantitative estimate of drug-likeness (QED) is 0.910. The third kappa shape index (κ3) is 2.99. The SMILES string of the molecule is c1cncc(CCNC2CCCc3cccnc32)c1. The Labute approximate surface area is 114 Å². The maximum atomic E-state index is 4.55. The van der Waals surface area contributed by atoms with E-state index in [0.717, 1.165) is 13.0 Å². The predicted molar refractivity (Wildman–Crippen MR) is 75.9 cm³/mol. The van der Waals surface area contributed by atoms with Gasteiger partial charge in [0.25, 0.3) is 0 Å². The molecule has 0 bridgehead atoms. The number of nitrogens with one attached hydrogen (secondary N) is 1. The molecule has 2 aromatic heterocycles. The number of nitrogens with zero attached hydrogens (tertiary/aromatic N) is 2. The van der Waals surface area contributed by atoms with Crippen LogP contribution < -0.4 is 5.32 Å². The van der Waals surface area contributed by atoms with Gasteiger partial charge < -0.3 is 5.32 Å². The van der Waals surface area contributed by atoms with Crippen molar-refractivity contribution >= 4 is 0 Å². The minimum Gasteiger partial charge on any atom is -0.308 e. The van der Waals surface area contributed by atoms with E-state index in [1.165, 1.54) is 36.1 Å². The smallest absolute Gasteiger partial charge is 0.0605 e. The van der Waals surface area contributed by atoms with E-state index >= 15 is 0 Å². The van der Waals surface area contributed by atoms with E-state index in [1.807, 2.05) is 30.7 Å². The van der Waals surface area contributed by atoms with Crippen molar-refractivity contribution in [3.8, 4) is 0 Å². The Morgan fingerprint density at radius 2 is 2.16 bits per heavy atom. The monoisotopic (exact) mass is 253 g/mol. The average molecular weight is 253 g/mol. The largest absolute Gasteiger partial charge is 0.308 e. The van der Waals surface area contributed by atoms with Crippen molar-refractivity contribution in [2.75, 3.05) is 6.54 Å². The van der Waals surface area contributed by atoms with Crippen LogP contribution >= 0.6 is 0 Å². The van der Waals surface area contributed by atoms with Gasteiger partial charge in [-0.15, -0.1) is 0 Å². The Bertz CT molecular complexity index is 525. The molecular formula is C16H19N3. The average Bonchev–Trinajstić information content (AvgIpc) is 2.49. The molecule has 3 rings (SSSR count). The van der Waals surface area contributed by atoms with Gasteiger partial charge in [-0.3, -0.25) is 9.97 Å². The molecular weight excluding hydrogens is 234 g/mol. The molecule has 0 spiro atoms. The third-order valence-corrected chi connectivity index (χ3v) is 3.72. The second-order valence-corrected chi connectivity index (χ2v) is 5.06. The lowest BCUT2D eigenvalue weighted by Crippen LogP contribution is -2.28. The Balaban J connectivity index is 1.59. The van der Waals surface area contributed by atoms with Crippen molar-refractivity contribution in [1.29, 1.82) is 0 Å². The standard InChI is InChI=1S/C16H19N3/c1-5-14-6-3-10-19-16(14)15(7-1)18-11-8-13-4-2-9-17-12-13/h2-4,6,9-10,12,15,18H,1,5,7-8,11H2. The summed E-state index contributed by atoms with van der Waals surface area (Å²) in [6.45, 7) is 0.979. The zero-order valence-corrected chi connectivity index (χ0v) is 11.0. The van der Waals surface area contributed by atoms with Crippen molar-refractivity contribution in [1.82, 2.24) is 15.3 Å². The van der Waals surface area contributed by atoms with Crippen LogP contribution in [0.3, 0.4) is 0 Å². The Morgan fingerprint density at radius 3 is 3.05 bits per heavy atom. The molecule has 19 heavy (non-hydrogen) atoms. The normalized spacial score (nSPS) is 18.0. The maximum absolute atomic E-state index is 4.55. The molecule has 1 unspecified atom stereocenters. The van der Waals surface area contributed by atoms with Crippen LogP contribution in [0.4, 0.5) is 0 Å². The van der Waals surface area contributed by atoms with Gasteiger partial charge in [-0.25, -0.2) is 0 Å². The fourth-order valence-corrected chi connectivity index (χ4v) is 2.74. The Kier molecular flexibility index (Phi) is 3.84. The minimum absolute atomic E-state index is 0.418. The van der Waals surface area contributed by atoms with Gasteiger partial charge in [0.05, 0.1) is 5.69 Å². The van der Waals surface area contributed by atoms with E-state index < -0.39 is 0 Å². The summed E-state index contributed by atoms with van der Waals surface area (Å²) in [5.41, 5.74) is 3.94. The van der Waals surface area contributed by atoms with E-state index in [9.17, 15) is 0 Å². The number of aryl methyl sites for hydroxylation is 1. The van der Waals surface area contributed by atoms with E-state index in [-0.39, 0.29) is 0 Å². The number of rotatable bonds is 4. The van der Waals surface area contributed by atoms with E-state index in [4.69, 9.17) is 0 Å². The molecule has 0 radical (unpaired) electrons. The van der Waals surface area contributed by atoms with Crippen LogP contribution in [0.25, 0.3) is 0 Å². The first-order valence-corrected chi connectivity index (χ1v) is 6.99. The molecule has 1 aliphatic rings. The van der Waals surface area contributed by atoms with E-state index in [2.05, 4.69) is 27.4 Å². The van der Waals surface area contributed by atoms with Crippen LogP contribution in [0.15, 0.2) is 42.9 Å². The maximum Gasteiger partial charge on any atom is 0.0605 e. The lowest BCUT2D eigenvalue weighted by Gasteiger charge is -2.25. The molecule has 1 atom stereocenters. The summed E-state index contributed by atoms with van der Waals surface area (Å²) in [5.74, 6) is 0. The molecule has 98 valence electrons. The molecule has 3 nitrogen and oxygen atoms in total. The molecule has 0 aromatic carbocycles. The molecule has 2 heterocycles. The zero-order chi connectivity index (χ0) is 12.9.